The van der Waals surface area contributed by atoms with E-state index in [1.807, 2.05) is 21.1 Å². The molecule has 1 amide bonds. The molecule has 3 unspecified atom stereocenters. The molecule has 0 aromatic rings. The smallest absolute Gasteiger partial charge is 0.391 e. The van der Waals surface area contributed by atoms with Gasteiger partial charge in [0, 0.05) is 6.42 Å². The number of quaternary nitrogens is 1. The minimum atomic E-state index is -4.31. The molecule has 0 rings (SSSR count). The van der Waals surface area contributed by atoms with E-state index in [0.29, 0.717) is 23.9 Å². The minimum absolute atomic E-state index is 0.0745. The first-order valence-electron chi connectivity index (χ1n) is 22.2. The third-order valence-electron chi connectivity index (χ3n) is 9.98. The summed E-state index contributed by atoms with van der Waals surface area (Å²) in [6.07, 6.45) is 41.9. The molecule has 53 heavy (non-hydrogen) atoms. The van der Waals surface area contributed by atoms with Crippen molar-refractivity contribution in [3.05, 3.63) is 24.3 Å². The lowest BCUT2D eigenvalue weighted by Crippen LogP contribution is -2.46. The molecule has 0 fully saturated rings. The van der Waals surface area contributed by atoms with Crippen molar-refractivity contribution in [2.75, 3.05) is 40.9 Å². The molecule has 0 aliphatic heterocycles. The van der Waals surface area contributed by atoms with Gasteiger partial charge in [-0.15, -0.1) is 0 Å². The summed E-state index contributed by atoms with van der Waals surface area (Å²) in [5.41, 5.74) is 0. The van der Waals surface area contributed by atoms with Crippen molar-refractivity contribution >= 4 is 13.7 Å². The van der Waals surface area contributed by atoms with Crippen molar-refractivity contribution in [2.24, 2.45) is 0 Å². The van der Waals surface area contributed by atoms with Crippen LogP contribution < -0.4 is 5.32 Å². The highest BCUT2D eigenvalue weighted by molar-refractivity contribution is 7.47. The summed E-state index contributed by atoms with van der Waals surface area (Å²) >= 11 is 0. The van der Waals surface area contributed by atoms with Crippen LogP contribution in [0.3, 0.4) is 0 Å². The maximum absolute atomic E-state index is 12.9. The van der Waals surface area contributed by atoms with Gasteiger partial charge in [0.1, 0.15) is 13.2 Å². The monoisotopic (exact) mass is 772 g/mol. The molecule has 8 nitrogen and oxygen atoms in total. The van der Waals surface area contributed by atoms with Gasteiger partial charge >= 0.3 is 7.82 Å². The molecule has 0 aliphatic rings. The van der Waals surface area contributed by atoms with Gasteiger partial charge in [0.25, 0.3) is 0 Å². The topological polar surface area (TPSA) is 105 Å². The molecule has 314 valence electrons. The number of aliphatic hydroxyl groups excluding tert-OH is 1. The zero-order chi connectivity index (χ0) is 39.3. The van der Waals surface area contributed by atoms with Crippen molar-refractivity contribution in [1.29, 1.82) is 0 Å². The van der Waals surface area contributed by atoms with E-state index in [2.05, 4.69) is 43.5 Å². The summed E-state index contributed by atoms with van der Waals surface area (Å²) in [6, 6.07) is -0.758. The number of nitrogens with zero attached hydrogens (tertiary/aromatic N) is 1. The number of phosphoric ester groups is 1. The van der Waals surface area contributed by atoms with Gasteiger partial charge in [-0.05, 0) is 38.5 Å². The Labute approximate surface area is 328 Å². The summed E-state index contributed by atoms with van der Waals surface area (Å²) < 4.78 is 23.6. The molecule has 0 aromatic carbocycles. The summed E-state index contributed by atoms with van der Waals surface area (Å²) in [7, 11) is 1.61. The van der Waals surface area contributed by atoms with Crippen LogP contribution in [0.25, 0.3) is 0 Å². The fraction of sp³-hybridized carbons (Fsp3) is 0.886. The molecule has 3 N–H and O–H groups in total. The van der Waals surface area contributed by atoms with Crippen LogP contribution in [0.5, 0.6) is 0 Å². The zero-order valence-corrected chi connectivity index (χ0v) is 36.4. The van der Waals surface area contributed by atoms with E-state index >= 15 is 0 Å². The van der Waals surface area contributed by atoms with Crippen molar-refractivity contribution in [2.45, 2.75) is 212 Å². The summed E-state index contributed by atoms with van der Waals surface area (Å²) in [5.74, 6) is -0.149. The van der Waals surface area contributed by atoms with Gasteiger partial charge in [-0.3, -0.25) is 13.8 Å². The summed E-state index contributed by atoms with van der Waals surface area (Å²) in [5, 5.41) is 13.9. The standard InChI is InChI=1S/C44H87N2O6P/c1-6-8-10-12-14-16-18-20-21-22-23-24-25-26-28-30-32-34-36-38-44(48)45-42(41-52-53(49,50)51-40-39-46(3,4)5)43(47)37-35-33-31-29-27-19-17-15-13-11-9-7-2/h14,16,18,20,42-43,47H,6-13,15,17,19,21-41H2,1-5H3,(H-,45,48,49,50)/p+1/b16-14-,20-18-. The van der Waals surface area contributed by atoms with Gasteiger partial charge in [-0.1, -0.05) is 179 Å². The maximum Gasteiger partial charge on any atom is 0.472 e. The van der Waals surface area contributed by atoms with E-state index in [0.717, 1.165) is 38.5 Å². The number of hydrogen-bond acceptors (Lipinski definition) is 5. The quantitative estimate of drug-likeness (QED) is 0.0248. The third-order valence-corrected chi connectivity index (χ3v) is 11.0. The van der Waals surface area contributed by atoms with Crippen LogP contribution in [-0.4, -0.2) is 73.4 Å². The number of phosphoric acid groups is 1. The molecule has 0 aliphatic carbocycles. The van der Waals surface area contributed by atoms with Crippen LogP contribution in [0, 0.1) is 0 Å². The van der Waals surface area contributed by atoms with Gasteiger partial charge in [0.15, 0.2) is 0 Å². The number of rotatable bonds is 40. The second-order valence-corrected chi connectivity index (χ2v) is 17.9. The number of unbranched alkanes of at least 4 members (excludes halogenated alkanes) is 24. The average Bonchev–Trinajstić information content (AvgIpc) is 3.10. The second-order valence-electron chi connectivity index (χ2n) is 16.5. The molecule has 9 heteroatoms. The number of carbonyl (C=O) groups excluding carboxylic acids is 1. The minimum Gasteiger partial charge on any atom is -0.391 e. The van der Waals surface area contributed by atoms with Crippen LogP contribution in [0.4, 0.5) is 0 Å². The Kier molecular flexibility index (Phi) is 35.9. The number of allylic oxidation sites excluding steroid dienone is 4. The average molecular weight is 772 g/mol. The van der Waals surface area contributed by atoms with Gasteiger partial charge in [0.2, 0.25) is 5.91 Å². The maximum atomic E-state index is 12.9. The van der Waals surface area contributed by atoms with Crippen LogP contribution in [0.15, 0.2) is 24.3 Å². The van der Waals surface area contributed by atoms with Crippen molar-refractivity contribution in [3.63, 3.8) is 0 Å². The molecule has 0 radical (unpaired) electrons. The molecule has 0 heterocycles. The normalized spacial score (nSPS) is 14.6. The lowest BCUT2D eigenvalue weighted by molar-refractivity contribution is -0.870. The number of carbonyl (C=O) groups is 1. The fourth-order valence-electron chi connectivity index (χ4n) is 6.39. The Balaban J connectivity index is 4.32. The Hall–Kier alpha value is -1.02. The molecule has 0 bridgehead atoms. The first-order chi connectivity index (χ1) is 25.5. The predicted molar refractivity (Wildman–Crippen MR) is 226 cm³/mol. The number of amides is 1. The Morgan fingerprint density at radius 3 is 1.55 bits per heavy atom. The summed E-state index contributed by atoms with van der Waals surface area (Å²) in [6.45, 7) is 4.85. The SMILES string of the molecule is CCCCC/C=C\C=C/CCCCCCCCCCCCC(=O)NC(COP(=O)(O)OCC[N+](C)(C)C)C(O)CCCCCCCCCCCCCC. The van der Waals surface area contributed by atoms with Crippen LogP contribution >= 0.6 is 7.82 Å². The van der Waals surface area contributed by atoms with Crippen molar-refractivity contribution in [1.82, 2.24) is 5.32 Å². The number of likely N-dealkylation sites (N-methyl/N-ethyl adjacent to an activating group) is 1. The van der Waals surface area contributed by atoms with Gasteiger partial charge in [-0.2, -0.15) is 0 Å². The van der Waals surface area contributed by atoms with E-state index in [4.69, 9.17) is 9.05 Å². The van der Waals surface area contributed by atoms with E-state index in [9.17, 15) is 19.4 Å². The van der Waals surface area contributed by atoms with Crippen molar-refractivity contribution in [3.8, 4) is 0 Å². The van der Waals surface area contributed by atoms with Gasteiger partial charge in [-0.25, -0.2) is 4.57 Å². The summed E-state index contributed by atoms with van der Waals surface area (Å²) in [4.78, 5) is 23.1. The van der Waals surface area contributed by atoms with Crippen LogP contribution in [-0.2, 0) is 18.4 Å². The largest absolute Gasteiger partial charge is 0.472 e. The van der Waals surface area contributed by atoms with Gasteiger partial charge < -0.3 is 19.8 Å². The highest BCUT2D eigenvalue weighted by Gasteiger charge is 2.28. The highest BCUT2D eigenvalue weighted by Crippen LogP contribution is 2.43. The fourth-order valence-corrected chi connectivity index (χ4v) is 7.12. The molecule has 0 aromatic heterocycles. The van der Waals surface area contributed by atoms with E-state index in [1.165, 1.54) is 135 Å². The third kappa shape index (κ3) is 39.0. The highest BCUT2D eigenvalue weighted by atomic mass is 31.2. The zero-order valence-electron chi connectivity index (χ0n) is 35.5. The molecule has 0 saturated heterocycles. The van der Waals surface area contributed by atoms with E-state index < -0.39 is 20.0 Å². The molecule has 0 saturated carbocycles. The molecule has 0 spiro atoms. The predicted octanol–water partition coefficient (Wildman–Crippen LogP) is 12.1. The number of nitrogens with one attached hydrogen (secondary N) is 1. The second kappa shape index (κ2) is 36.6. The molecule has 3 atom stereocenters. The molecular weight excluding hydrogens is 683 g/mol. The van der Waals surface area contributed by atoms with Crippen LogP contribution in [0.2, 0.25) is 0 Å². The van der Waals surface area contributed by atoms with Crippen molar-refractivity contribution < 1.29 is 32.9 Å². The van der Waals surface area contributed by atoms with E-state index in [-0.39, 0.29) is 19.1 Å². The number of aliphatic hydroxyl groups is 1. The Bertz CT molecular complexity index is 922. The van der Waals surface area contributed by atoms with Crippen LogP contribution in [0.1, 0.15) is 200 Å². The lowest BCUT2D eigenvalue weighted by atomic mass is 10.0. The number of hydrogen-bond donors (Lipinski definition) is 3. The Morgan fingerprint density at radius 2 is 1.06 bits per heavy atom. The lowest BCUT2D eigenvalue weighted by Gasteiger charge is -2.26. The first-order valence-corrected chi connectivity index (χ1v) is 23.7. The van der Waals surface area contributed by atoms with Gasteiger partial charge in [0.05, 0.1) is 39.9 Å². The first kappa shape index (κ1) is 52.0. The Morgan fingerprint density at radius 1 is 0.642 bits per heavy atom. The molecular formula is C44H88N2O6P+. The van der Waals surface area contributed by atoms with E-state index in [1.54, 1.807) is 0 Å².